The van der Waals surface area contributed by atoms with Gasteiger partial charge in [-0.3, -0.25) is 0 Å². The van der Waals surface area contributed by atoms with Crippen LogP contribution in [0.25, 0.3) is 21.7 Å². The van der Waals surface area contributed by atoms with Crippen LogP contribution in [0.3, 0.4) is 0 Å². The number of nitrogens with one attached hydrogen (secondary N) is 1. The molecule has 0 fully saturated rings. The van der Waals surface area contributed by atoms with Crippen LogP contribution in [-0.4, -0.2) is 20.4 Å². The predicted octanol–water partition coefficient (Wildman–Crippen LogP) is 6.59. The molecule has 146 valence electrons. The Bertz CT molecular complexity index is 1020. The number of nitrogens with zero attached hydrogens (tertiary/aromatic N) is 3. The molecule has 4 nitrogen and oxygen atoms in total. The van der Waals surface area contributed by atoms with Crippen molar-refractivity contribution in [1.82, 2.24) is 14.4 Å². The zero-order chi connectivity index (χ0) is 20.1. The lowest BCUT2D eigenvalue weighted by molar-refractivity contribution is 0.671. The summed E-state index contributed by atoms with van der Waals surface area (Å²) in [6.45, 7) is 12.5. The topological polar surface area (TPSA) is 42.2 Å². The quantitative estimate of drug-likeness (QED) is 0.439. The number of fused-ring (bicyclic) bond motifs is 1. The van der Waals surface area contributed by atoms with E-state index in [4.69, 9.17) is 0 Å². The van der Waals surface area contributed by atoms with Gasteiger partial charge in [0.05, 0.1) is 4.88 Å². The van der Waals surface area contributed by atoms with Crippen LogP contribution in [0.15, 0.2) is 61.2 Å². The number of anilines is 1. The first-order valence-electron chi connectivity index (χ1n) is 9.75. The van der Waals surface area contributed by atoms with Gasteiger partial charge in [0, 0.05) is 42.0 Å². The normalized spacial score (nSPS) is 12.4. The number of thiazole rings is 1. The Balaban J connectivity index is 2.06. The molecule has 3 aromatic rings. The Morgan fingerprint density at radius 2 is 2.11 bits per heavy atom. The molecular formula is C23H28N4S. The molecule has 0 spiro atoms. The molecule has 5 heteroatoms. The van der Waals surface area contributed by atoms with E-state index in [0.29, 0.717) is 6.04 Å². The second-order valence-corrected chi connectivity index (χ2v) is 7.96. The maximum absolute atomic E-state index is 4.60. The molecule has 0 unspecified atom stereocenters. The van der Waals surface area contributed by atoms with Gasteiger partial charge >= 0.3 is 0 Å². The van der Waals surface area contributed by atoms with E-state index in [9.17, 15) is 0 Å². The zero-order valence-corrected chi connectivity index (χ0v) is 17.9. The number of rotatable bonds is 8. The van der Waals surface area contributed by atoms with Crippen molar-refractivity contribution in [2.45, 2.75) is 46.6 Å². The summed E-state index contributed by atoms with van der Waals surface area (Å²) in [6, 6.07) is 2.66. The summed E-state index contributed by atoms with van der Waals surface area (Å²) in [4.78, 5) is 10.3. The molecule has 0 aromatic carbocycles. The molecule has 3 rings (SSSR count). The Morgan fingerprint density at radius 1 is 1.32 bits per heavy atom. The molecule has 0 aliphatic carbocycles. The van der Waals surface area contributed by atoms with Crippen molar-refractivity contribution in [2.75, 3.05) is 5.32 Å². The molecule has 0 aliphatic rings. The Morgan fingerprint density at radius 3 is 2.79 bits per heavy atom. The van der Waals surface area contributed by atoms with E-state index in [1.165, 1.54) is 0 Å². The van der Waals surface area contributed by atoms with Gasteiger partial charge in [0.2, 0.25) is 0 Å². The molecule has 0 radical (unpaired) electrons. The molecule has 0 amide bonds. The molecule has 28 heavy (non-hydrogen) atoms. The van der Waals surface area contributed by atoms with Crippen LogP contribution in [-0.2, 0) is 0 Å². The van der Waals surface area contributed by atoms with Crippen LogP contribution in [0.5, 0.6) is 0 Å². The van der Waals surface area contributed by atoms with E-state index in [1.54, 1.807) is 11.3 Å². The third-order valence-corrected chi connectivity index (χ3v) is 5.63. The third-order valence-electron chi connectivity index (χ3n) is 4.65. The van der Waals surface area contributed by atoms with E-state index < -0.39 is 0 Å². The van der Waals surface area contributed by atoms with E-state index in [1.807, 2.05) is 38.5 Å². The van der Waals surface area contributed by atoms with Gasteiger partial charge in [0.15, 0.2) is 5.13 Å². The minimum atomic E-state index is 0.463. The summed E-state index contributed by atoms with van der Waals surface area (Å²) >= 11 is 1.69. The SMILES string of the molecule is C=C(C)/C=C(\C=C/C)c1cc(-c2cnc(NC(CC)CC)s2)cn2ccnc12. The highest BCUT2D eigenvalue weighted by atomic mass is 32.1. The molecule has 3 aromatic heterocycles. The molecule has 0 bridgehead atoms. The fourth-order valence-corrected chi connectivity index (χ4v) is 4.06. The third kappa shape index (κ3) is 4.42. The maximum Gasteiger partial charge on any atom is 0.183 e. The first-order chi connectivity index (χ1) is 13.5. The van der Waals surface area contributed by atoms with Crippen LogP contribution in [0.1, 0.15) is 46.1 Å². The molecule has 1 N–H and O–H groups in total. The van der Waals surface area contributed by atoms with E-state index in [-0.39, 0.29) is 0 Å². The largest absolute Gasteiger partial charge is 0.359 e. The van der Waals surface area contributed by atoms with Crippen molar-refractivity contribution in [2.24, 2.45) is 0 Å². The van der Waals surface area contributed by atoms with Gasteiger partial charge in [-0.15, -0.1) is 0 Å². The van der Waals surface area contributed by atoms with Crippen molar-refractivity contribution in [3.63, 3.8) is 0 Å². The van der Waals surface area contributed by atoms with Crippen LogP contribution >= 0.6 is 11.3 Å². The van der Waals surface area contributed by atoms with Gasteiger partial charge in [-0.25, -0.2) is 9.97 Å². The second-order valence-electron chi connectivity index (χ2n) is 6.93. The highest BCUT2D eigenvalue weighted by molar-refractivity contribution is 7.18. The fraction of sp³-hybridized carbons (Fsp3) is 0.304. The first kappa shape index (κ1) is 20.1. The van der Waals surface area contributed by atoms with Gasteiger partial charge in [-0.2, -0.15) is 0 Å². The maximum atomic E-state index is 4.60. The van der Waals surface area contributed by atoms with Gasteiger partial charge in [0.25, 0.3) is 0 Å². The highest BCUT2D eigenvalue weighted by Crippen LogP contribution is 2.33. The van der Waals surface area contributed by atoms with Crippen LogP contribution < -0.4 is 5.32 Å². The molecule has 0 atom stereocenters. The summed E-state index contributed by atoms with van der Waals surface area (Å²) < 4.78 is 2.08. The summed E-state index contributed by atoms with van der Waals surface area (Å²) in [5, 5.41) is 4.51. The Hall–Kier alpha value is -2.66. The number of pyridine rings is 1. The average Bonchev–Trinajstić information content (AvgIpc) is 3.33. The Kier molecular flexibility index (Phi) is 6.47. The van der Waals surface area contributed by atoms with E-state index in [2.05, 4.69) is 64.5 Å². The molecular weight excluding hydrogens is 364 g/mol. The minimum absolute atomic E-state index is 0.463. The lowest BCUT2D eigenvalue weighted by Crippen LogP contribution is -2.16. The van der Waals surface area contributed by atoms with Crippen LogP contribution in [0.4, 0.5) is 5.13 Å². The average molecular weight is 393 g/mol. The van der Waals surface area contributed by atoms with E-state index >= 15 is 0 Å². The van der Waals surface area contributed by atoms with Gasteiger partial charge < -0.3 is 9.72 Å². The number of hydrogen-bond acceptors (Lipinski definition) is 4. The fourth-order valence-electron chi connectivity index (χ4n) is 3.18. The molecule has 3 heterocycles. The summed E-state index contributed by atoms with van der Waals surface area (Å²) in [5.74, 6) is 0. The lowest BCUT2D eigenvalue weighted by Gasteiger charge is -2.13. The van der Waals surface area contributed by atoms with Crippen molar-refractivity contribution in [3.05, 3.63) is 66.8 Å². The first-order valence-corrected chi connectivity index (χ1v) is 10.6. The number of imidazole rings is 1. The van der Waals surface area contributed by atoms with Crippen molar-refractivity contribution in [3.8, 4) is 10.4 Å². The molecule has 0 saturated carbocycles. The monoisotopic (exact) mass is 392 g/mol. The zero-order valence-electron chi connectivity index (χ0n) is 17.1. The second kappa shape index (κ2) is 9.02. The highest BCUT2D eigenvalue weighted by Gasteiger charge is 2.13. The van der Waals surface area contributed by atoms with Crippen molar-refractivity contribution < 1.29 is 0 Å². The number of allylic oxidation sites excluding steroid dienone is 5. The molecule has 0 aliphatic heterocycles. The van der Waals surface area contributed by atoms with Crippen molar-refractivity contribution in [1.29, 1.82) is 0 Å². The summed E-state index contributed by atoms with van der Waals surface area (Å²) in [6.07, 6.45) is 16.3. The Labute approximate surface area is 171 Å². The smallest absolute Gasteiger partial charge is 0.183 e. The summed E-state index contributed by atoms with van der Waals surface area (Å²) in [5.41, 5.74) is 5.28. The number of hydrogen-bond donors (Lipinski definition) is 1. The van der Waals surface area contributed by atoms with Gasteiger partial charge in [-0.05, 0) is 38.3 Å². The minimum Gasteiger partial charge on any atom is -0.359 e. The van der Waals surface area contributed by atoms with Gasteiger partial charge in [0.1, 0.15) is 5.65 Å². The van der Waals surface area contributed by atoms with Crippen LogP contribution in [0, 0.1) is 0 Å². The van der Waals surface area contributed by atoms with Crippen molar-refractivity contribution >= 4 is 27.7 Å². The standard InChI is InChI=1S/C23H28N4S/c1-6-9-17(12-16(4)5)20-13-18(15-27-11-10-24-22(20)27)21-14-25-23(28-21)26-19(7-2)8-3/h6,9-15,19H,4,7-8H2,1-3,5H3,(H,25,26)/b9-6-,17-12+. The molecule has 0 saturated heterocycles. The van der Waals surface area contributed by atoms with Crippen LogP contribution in [0.2, 0.25) is 0 Å². The number of aromatic nitrogens is 3. The van der Waals surface area contributed by atoms with E-state index in [0.717, 1.165) is 50.8 Å². The summed E-state index contributed by atoms with van der Waals surface area (Å²) in [7, 11) is 0. The lowest BCUT2D eigenvalue weighted by atomic mass is 10.0. The van der Waals surface area contributed by atoms with Gasteiger partial charge in [-0.1, -0.05) is 55.6 Å². The predicted molar refractivity (Wildman–Crippen MR) is 122 cm³/mol.